The minimum atomic E-state index is -0.769. The third kappa shape index (κ3) is 3.24. The first-order valence-electron chi connectivity index (χ1n) is 5.53. The van der Waals surface area contributed by atoms with Crippen LogP contribution in [0.3, 0.4) is 0 Å². The number of pyridine rings is 1. The van der Waals surface area contributed by atoms with Crippen LogP contribution in [0.15, 0.2) is 53.6 Å². The van der Waals surface area contributed by atoms with E-state index in [4.69, 9.17) is 0 Å². The highest BCUT2D eigenvalue weighted by atomic mass is 32.3. The van der Waals surface area contributed by atoms with Gasteiger partial charge in [0.25, 0.3) is 0 Å². The van der Waals surface area contributed by atoms with Crippen LogP contribution in [-0.2, 0) is 0 Å². The highest BCUT2D eigenvalue weighted by molar-refractivity contribution is 8.32. The second-order valence-corrected chi connectivity index (χ2v) is 8.78. The van der Waals surface area contributed by atoms with Crippen LogP contribution in [0.5, 0.6) is 0 Å². The summed E-state index contributed by atoms with van der Waals surface area (Å²) in [6.45, 7) is 0. The smallest absolute Gasteiger partial charge is 0.131 e. The van der Waals surface area contributed by atoms with Crippen molar-refractivity contribution < 1.29 is 0 Å². The molecule has 0 saturated carbocycles. The molecule has 17 heavy (non-hydrogen) atoms. The summed E-state index contributed by atoms with van der Waals surface area (Å²) < 4.78 is 0. The number of benzene rings is 1. The maximum absolute atomic E-state index is 4.67. The number of rotatable bonds is 3. The zero-order chi connectivity index (χ0) is 12.3. The summed E-state index contributed by atoms with van der Waals surface area (Å²) in [6.07, 6.45) is 6.75. The van der Waals surface area contributed by atoms with E-state index in [-0.39, 0.29) is 0 Å². The van der Waals surface area contributed by atoms with Crippen molar-refractivity contribution >= 4 is 21.5 Å². The van der Waals surface area contributed by atoms with E-state index in [0.717, 1.165) is 11.5 Å². The molecule has 0 aliphatic heterocycles. The molecule has 0 unspecified atom stereocenters. The number of para-hydroxylation sites is 1. The SMILES string of the molecule is CS(C)(C)c1cccc(Nc2ccccc2)n1. The zero-order valence-electron chi connectivity index (χ0n) is 10.5. The summed E-state index contributed by atoms with van der Waals surface area (Å²) in [5, 5.41) is 4.50. The van der Waals surface area contributed by atoms with Gasteiger partial charge in [-0.3, -0.25) is 0 Å². The molecule has 2 rings (SSSR count). The van der Waals surface area contributed by atoms with Crippen LogP contribution in [0.2, 0.25) is 0 Å². The van der Waals surface area contributed by atoms with Crippen LogP contribution < -0.4 is 5.32 Å². The summed E-state index contributed by atoms with van der Waals surface area (Å²) in [5.41, 5.74) is 1.07. The Balaban J connectivity index is 2.23. The largest absolute Gasteiger partial charge is 0.340 e. The van der Waals surface area contributed by atoms with Crippen LogP contribution in [0.1, 0.15) is 0 Å². The Hall–Kier alpha value is -1.48. The summed E-state index contributed by atoms with van der Waals surface area (Å²) in [6, 6.07) is 16.3. The van der Waals surface area contributed by atoms with E-state index in [9.17, 15) is 0 Å². The maximum atomic E-state index is 4.67. The summed E-state index contributed by atoms with van der Waals surface area (Å²) >= 11 is 0. The molecule has 2 nitrogen and oxygen atoms in total. The van der Waals surface area contributed by atoms with E-state index in [1.807, 2.05) is 36.4 Å². The average Bonchev–Trinajstić information content (AvgIpc) is 2.29. The minimum absolute atomic E-state index is 0.769. The second kappa shape index (κ2) is 4.80. The Morgan fingerprint density at radius 1 is 0.882 bits per heavy atom. The van der Waals surface area contributed by atoms with Gasteiger partial charge in [0.1, 0.15) is 5.82 Å². The maximum Gasteiger partial charge on any atom is 0.131 e. The number of nitrogens with one attached hydrogen (secondary N) is 1. The average molecular weight is 246 g/mol. The third-order valence-corrected chi connectivity index (χ3v) is 3.88. The Morgan fingerprint density at radius 3 is 2.24 bits per heavy atom. The topological polar surface area (TPSA) is 24.9 Å². The van der Waals surface area contributed by atoms with Gasteiger partial charge in [0.2, 0.25) is 0 Å². The van der Waals surface area contributed by atoms with Gasteiger partial charge in [0, 0.05) is 5.69 Å². The van der Waals surface area contributed by atoms with E-state index < -0.39 is 10.0 Å². The van der Waals surface area contributed by atoms with Crippen LogP contribution in [-0.4, -0.2) is 23.8 Å². The molecule has 3 heteroatoms. The molecule has 0 radical (unpaired) electrons. The number of hydrogen-bond acceptors (Lipinski definition) is 2. The van der Waals surface area contributed by atoms with Crippen molar-refractivity contribution in [3.8, 4) is 0 Å². The number of nitrogens with zero attached hydrogens (tertiary/aromatic N) is 1. The summed E-state index contributed by atoms with van der Waals surface area (Å²) in [5.74, 6) is 0.913. The molecule has 0 saturated heterocycles. The van der Waals surface area contributed by atoms with Gasteiger partial charge in [-0.1, -0.05) is 24.3 Å². The summed E-state index contributed by atoms with van der Waals surface area (Å²) in [4.78, 5) is 4.67. The standard InChI is InChI=1S/C14H18N2S/c1-17(2,3)14-11-7-10-13(16-14)15-12-8-5-4-6-9-12/h4-11H,1-3H3,(H,15,16). The Morgan fingerprint density at radius 2 is 1.59 bits per heavy atom. The van der Waals surface area contributed by atoms with E-state index >= 15 is 0 Å². The summed E-state index contributed by atoms with van der Waals surface area (Å²) in [7, 11) is -0.769. The first-order valence-corrected chi connectivity index (χ1v) is 8.39. The first kappa shape index (κ1) is 12.0. The fourth-order valence-electron chi connectivity index (χ4n) is 1.49. The molecule has 1 aromatic heterocycles. The van der Waals surface area contributed by atoms with Gasteiger partial charge in [-0.05, 0) is 43.0 Å². The van der Waals surface area contributed by atoms with Crippen molar-refractivity contribution in [3.05, 3.63) is 48.5 Å². The predicted octanol–water partition coefficient (Wildman–Crippen LogP) is 3.88. The Kier molecular flexibility index (Phi) is 3.38. The molecule has 0 spiro atoms. The van der Waals surface area contributed by atoms with Crippen LogP contribution in [0, 0.1) is 0 Å². The van der Waals surface area contributed by atoms with Crippen LogP contribution >= 0.6 is 10.0 Å². The fourth-order valence-corrected chi connectivity index (χ4v) is 2.35. The molecule has 90 valence electrons. The highest BCUT2D eigenvalue weighted by Gasteiger charge is 2.09. The van der Waals surface area contributed by atoms with Crippen molar-refractivity contribution in [3.63, 3.8) is 0 Å². The molecule has 2 aromatic rings. The predicted molar refractivity (Wildman–Crippen MR) is 77.6 cm³/mol. The lowest BCUT2D eigenvalue weighted by Crippen LogP contribution is -1.99. The Labute approximate surface area is 104 Å². The van der Waals surface area contributed by atoms with Crippen molar-refractivity contribution in [1.82, 2.24) is 4.98 Å². The second-order valence-electron chi connectivity index (χ2n) is 4.69. The molecule has 1 N–H and O–H groups in total. The number of anilines is 2. The number of hydrogen-bond donors (Lipinski definition) is 1. The van der Waals surface area contributed by atoms with Gasteiger partial charge in [0.05, 0.1) is 5.03 Å². The lowest BCUT2D eigenvalue weighted by Gasteiger charge is -2.24. The molecular formula is C14H18N2S. The van der Waals surface area contributed by atoms with Gasteiger partial charge in [-0.25, -0.2) is 15.0 Å². The molecular weight excluding hydrogens is 228 g/mol. The number of aromatic nitrogens is 1. The normalized spacial score (nSPS) is 12.2. The van der Waals surface area contributed by atoms with E-state index in [0.29, 0.717) is 0 Å². The third-order valence-electron chi connectivity index (χ3n) is 2.40. The van der Waals surface area contributed by atoms with Gasteiger partial charge in [0.15, 0.2) is 0 Å². The van der Waals surface area contributed by atoms with Crippen molar-refractivity contribution in [2.45, 2.75) is 5.03 Å². The Bertz CT molecular complexity index is 489. The zero-order valence-corrected chi connectivity index (χ0v) is 11.3. The van der Waals surface area contributed by atoms with Crippen molar-refractivity contribution in [2.24, 2.45) is 0 Å². The van der Waals surface area contributed by atoms with Gasteiger partial charge >= 0.3 is 0 Å². The lowest BCUT2D eigenvalue weighted by atomic mass is 10.3. The lowest BCUT2D eigenvalue weighted by molar-refractivity contribution is 1.13. The van der Waals surface area contributed by atoms with Crippen LogP contribution in [0.4, 0.5) is 11.5 Å². The van der Waals surface area contributed by atoms with Crippen molar-refractivity contribution in [2.75, 3.05) is 24.1 Å². The monoisotopic (exact) mass is 246 g/mol. The quantitative estimate of drug-likeness (QED) is 0.889. The van der Waals surface area contributed by atoms with Gasteiger partial charge in [-0.15, -0.1) is 0 Å². The molecule has 0 aliphatic carbocycles. The first-order chi connectivity index (χ1) is 8.05. The minimum Gasteiger partial charge on any atom is -0.340 e. The highest BCUT2D eigenvalue weighted by Crippen LogP contribution is 2.43. The molecule has 0 atom stereocenters. The van der Waals surface area contributed by atoms with E-state index in [1.54, 1.807) is 0 Å². The van der Waals surface area contributed by atoms with E-state index in [2.05, 4.69) is 41.2 Å². The molecule has 1 aromatic carbocycles. The van der Waals surface area contributed by atoms with Gasteiger partial charge < -0.3 is 5.32 Å². The molecule has 0 amide bonds. The van der Waals surface area contributed by atoms with Crippen LogP contribution in [0.25, 0.3) is 0 Å². The van der Waals surface area contributed by atoms with E-state index in [1.165, 1.54) is 5.03 Å². The molecule has 1 heterocycles. The molecule has 0 fully saturated rings. The van der Waals surface area contributed by atoms with Crippen molar-refractivity contribution in [1.29, 1.82) is 0 Å². The fraction of sp³-hybridized carbons (Fsp3) is 0.214. The molecule has 0 bridgehead atoms. The molecule has 0 aliphatic rings. The van der Waals surface area contributed by atoms with Gasteiger partial charge in [-0.2, -0.15) is 0 Å².